The number of nitrogens with one attached hydrogen (secondary N) is 2. The molecule has 9 nitrogen and oxygen atoms in total. The molecule has 5 rings (SSSR count). The smallest absolute Gasteiger partial charge is 0.262 e. The number of fused-ring (bicyclic) bond motifs is 1. The summed E-state index contributed by atoms with van der Waals surface area (Å²) in [5, 5.41) is 3.51. The third kappa shape index (κ3) is 6.19. The van der Waals surface area contributed by atoms with E-state index in [1.54, 1.807) is 55.6 Å². The highest BCUT2D eigenvalue weighted by molar-refractivity contribution is 9.10. The zero-order valence-corrected chi connectivity index (χ0v) is 26.6. The highest BCUT2D eigenvalue weighted by Crippen LogP contribution is 2.31. The molecular formula is C30H31BrClN5O4S. The van der Waals surface area contributed by atoms with E-state index >= 15 is 0 Å². The Bertz CT molecular complexity index is 1840. The molecule has 0 aliphatic carbocycles. The van der Waals surface area contributed by atoms with Gasteiger partial charge in [0.2, 0.25) is 5.43 Å². The lowest BCUT2D eigenvalue weighted by molar-refractivity contribution is 0.102. The van der Waals surface area contributed by atoms with Crippen molar-refractivity contribution in [2.24, 2.45) is 0 Å². The maximum absolute atomic E-state index is 13.6. The summed E-state index contributed by atoms with van der Waals surface area (Å²) in [6, 6.07) is 14.9. The zero-order chi connectivity index (χ0) is 30.2. The van der Waals surface area contributed by atoms with Crippen LogP contribution in [0, 0.1) is 6.92 Å². The summed E-state index contributed by atoms with van der Waals surface area (Å²) in [7, 11) is -1.87. The van der Waals surface area contributed by atoms with Crippen molar-refractivity contribution in [2.75, 3.05) is 48.2 Å². The Morgan fingerprint density at radius 3 is 2.33 bits per heavy atom. The van der Waals surface area contributed by atoms with Gasteiger partial charge in [0.25, 0.3) is 15.9 Å². The van der Waals surface area contributed by atoms with Gasteiger partial charge in [-0.2, -0.15) is 0 Å². The number of halogens is 2. The van der Waals surface area contributed by atoms with E-state index in [4.69, 9.17) is 11.6 Å². The third-order valence-electron chi connectivity index (χ3n) is 7.41. The molecule has 1 fully saturated rings. The number of hydrogen-bond donors (Lipinski definition) is 2. The molecule has 0 unspecified atom stereocenters. The maximum atomic E-state index is 13.6. The number of carbonyl (C=O) groups excluding carboxylic acids is 1. The van der Waals surface area contributed by atoms with Gasteiger partial charge in [0.15, 0.2) is 0 Å². The Hall–Kier alpha value is -3.38. The van der Waals surface area contributed by atoms with Gasteiger partial charge >= 0.3 is 0 Å². The molecule has 2 N–H and O–H groups in total. The number of anilines is 3. The lowest BCUT2D eigenvalue weighted by Gasteiger charge is -2.34. The first-order chi connectivity index (χ1) is 20.0. The minimum Gasteiger partial charge on any atom is -0.368 e. The van der Waals surface area contributed by atoms with E-state index in [1.807, 2.05) is 17.6 Å². The van der Waals surface area contributed by atoms with Gasteiger partial charge < -0.3 is 19.7 Å². The molecule has 1 amide bonds. The molecule has 0 bridgehead atoms. The van der Waals surface area contributed by atoms with Crippen LogP contribution < -0.4 is 20.4 Å². The SMILES string of the molecule is CCn1cc(C(=O)Nc2ccc(C)c(S(=O)(=O)Nc3ccc(Br)cc3)c2)c(=O)c2cc(Cl)c(N3CCN(C)CC3)cc21. The van der Waals surface area contributed by atoms with Crippen LogP contribution in [-0.2, 0) is 16.6 Å². The fourth-order valence-electron chi connectivity index (χ4n) is 5.01. The molecular weight excluding hydrogens is 642 g/mol. The van der Waals surface area contributed by atoms with E-state index in [-0.39, 0.29) is 16.1 Å². The number of nitrogens with zero attached hydrogens (tertiary/aromatic N) is 3. The minimum atomic E-state index is -3.95. The van der Waals surface area contributed by atoms with Gasteiger partial charge in [-0.15, -0.1) is 0 Å². The lowest BCUT2D eigenvalue weighted by atomic mass is 10.1. The highest BCUT2D eigenvalue weighted by Gasteiger charge is 2.22. The number of amides is 1. The fourth-order valence-corrected chi connectivity index (χ4v) is 6.88. The Balaban J connectivity index is 1.45. The molecule has 0 saturated carbocycles. The van der Waals surface area contributed by atoms with E-state index < -0.39 is 21.4 Å². The normalized spacial score (nSPS) is 14.3. The second kappa shape index (κ2) is 12.1. The quantitative estimate of drug-likeness (QED) is 0.267. The van der Waals surface area contributed by atoms with E-state index in [9.17, 15) is 18.0 Å². The summed E-state index contributed by atoms with van der Waals surface area (Å²) in [4.78, 5) is 31.4. The van der Waals surface area contributed by atoms with Gasteiger partial charge in [-0.1, -0.05) is 33.6 Å². The summed E-state index contributed by atoms with van der Waals surface area (Å²) >= 11 is 10.0. The molecule has 42 heavy (non-hydrogen) atoms. The second-order valence-corrected chi connectivity index (χ2v) is 13.3. The maximum Gasteiger partial charge on any atom is 0.262 e. The van der Waals surface area contributed by atoms with Crippen molar-refractivity contribution in [1.82, 2.24) is 9.47 Å². The molecule has 1 aliphatic heterocycles. The molecule has 1 aromatic heterocycles. The number of aromatic nitrogens is 1. The lowest BCUT2D eigenvalue weighted by Crippen LogP contribution is -2.44. The van der Waals surface area contributed by atoms with Crippen molar-refractivity contribution in [2.45, 2.75) is 25.3 Å². The van der Waals surface area contributed by atoms with Crippen LogP contribution in [0.1, 0.15) is 22.8 Å². The molecule has 1 aliphatic rings. The van der Waals surface area contributed by atoms with Crippen molar-refractivity contribution < 1.29 is 13.2 Å². The number of likely N-dealkylation sites (N-methyl/N-ethyl adjacent to an activating group) is 1. The Kier molecular flexibility index (Phi) is 8.66. The standard InChI is InChI=1S/C30H31BrClN5O4S/c1-4-36-18-24(29(38)23-16-25(32)27(17-26(23)36)37-13-11-35(3)12-14-37)30(39)33-22-8-5-19(2)28(15-22)42(40,41)34-21-9-6-20(31)7-10-21/h5-10,15-18,34H,4,11-14H2,1-3H3,(H,33,39). The van der Waals surface area contributed by atoms with Crippen LogP contribution in [0.4, 0.5) is 17.1 Å². The number of hydrogen-bond acceptors (Lipinski definition) is 6. The van der Waals surface area contributed by atoms with E-state index in [0.29, 0.717) is 33.7 Å². The van der Waals surface area contributed by atoms with Gasteiger partial charge in [0, 0.05) is 60.2 Å². The van der Waals surface area contributed by atoms with E-state index in [0.717, 1.165) is 36.3 Å². The van der Waals surface area contributed by atoms with Gasteiger partial charge in [-0.3, -0.25) is 14.3 Å². The average molecular weight is 673 g/mol. The van der Waals surface area contributed by atoms with Crippen LogP contribution in [0.3, 0.4) is 0 Å². The van der Waals surface area contributed by atoms with Gasteiger partial charge in [0.1, 0.15) is 5.56 Å². The molecule has 220 valence electrons. The molecule has 1 saturated heterocycles. The van der Waals surface area contributed by atoms with Gasteiger partial charge in [0.05, 0.1) is 21.1 Å². The van der Waals surface area contributed by atoms with Crippen LogP contribution >= 0.6 is 27.5 Å². The monoisotopic (exact) mass is 671 g/mol. The van der Waals surface area contributed by atoms with Crippen LogP contribution in [0.5, 0.6) is 0 Å². The topological polar surface area (TPSA) is 104 Å². The summed E-state index contributed by atoms with van der Waals surface area (Å²) in [5.74, 6) is -0.642. The number of benzene rings is 3. The van der Waals surface area contributed by atoms with Gasteiger partial charge in [-0.05, 0) is 75.0 Å². The van der Waals surface area contributed by atoms with Crippen molar-refractivity contribution in [3.63, 3.8) is 0 Å². The minimum absolute atomic E-state index is 0.0101. The molecule has 0 radical (unpaired) electrons. The first-order valence-electron chi connectivity index (χ1n) is 13.5. The predicted molar refractivity (Wildman–Crippen MR) is 173 cm³/mol. The zero-order valence-electron chi connectivity index (χ0n) is 23.4. The van der Waals surface area contributed by atoms with Gasteiger partial charge in [-0.25, -0.2) is 8.42 Å². The molecule has 12 heteroatoms. The first-order valence-corrected chi connectivity index (χ1v) is 16.1. The molecule has 0 spiro atoms. The van der Waals surface area contributed by atoms with Crippen molar-refractivity contribution in [1.29, 1.82) is 0 Å². The molecule has 2 heterocycles. The Labute approximate surface area is 258 Å². The summed E-state index contributed by atoms with van der Waals surface area (Å²) in [6.07, 6.45) is 1.54. The van der Waals surface area contributed by atoms with E-state index in [1.165, 1.54) is 6.07 Å². The Morgan fingerprint density at radius 1 is 1.00 bits per heavy atom. The van der Waals surface area contributed by atoms with Crippen LogP contribution in [0.25, 0.3) is 10.9 Å². The highest BCUT2D eigenvalue weighted by atomic mass is 79.9. The number of piperazine rings is 1. The third-order valence-corrected chi connectivity index (χ3v) is 9.76. The first kappa shape index (κ1) is 30.1. The van der Waals surface area contributed by atoms with Crippen molar-refractivity contribution in [3.05, 3.63) is 91.6 Å². The molecule has 3 aromatic carbocycles. The number of rotatable bonds is 7. The number of aryl methyl sites for hydroxylation is 2. The summed E-state index contributed by atoms with van der Waals surface area (Å²) < 4.78 is 31.6. The van der Waals surface area contributed by atoms with Crippen LogP contribution in [0.15, 0.2) is 75.0 Å². The van der Waals surface area contributed by atoms with Crippen molar-refractivity contribution in [3.8, 4) is 0 Å². The fraction of sp³-hybridized carbons (Fsp3) is 0.267. The predicted octanol–water partition coefficient (Wildman–Crippen LogP) is 5.55. The average Bonchev–Trinajstić information content (AvgIpc) is 2.96. The summed E-state index contributed by atoms with van der Waals surface area (Å²) in [6.45, 7) is 7.61. The van der Waals surface area contributed by atoms with Crippen LogP contribution in [0.2, 0.25) is 5.02 Å². The van der Waals surface area contributed by atoms with E-state index in [2.05, 4.69) is 42.8 Å². The number of pyridine rings is 1. The molecule has 4 aromatic rings. The largest absolute Gasteiger partial charge is 0.368 e. The number of sulfonamides is 1. The van der Waals surface area contributed by atoms with Crippen molar-refractivity contribution >= 4 is 71.4 Å². The number of carbonyl (C=O) groups is 1. The summed E-state index contributed by atoms with van der Waals surface area (Å²) in [5.41, 5.74) is 2.19. The Morgan fingerprint density at radius 2 is 1.67 bits per heavy atom. The van der Waals surface area contributed by atoms with Crippen LogP contribution in [-0.4, -0.2) is 57.0 Å². The molecule has 0 atom stereocenters. The second-order valence-electron chi connectivity index (χ2n) is 10.3.